The molecule has 2 fully saturated rings. The molecule has 3 aromatic heterocycles. The summed E-state index contributed by atoms with van der Waals surface area (Å²) in [5, 5.41) is 0.836. The molecule has 0 bridgehead atoms. The molecular weight excluding hydrogens is 526 g/mol. The minimum atomic E-state index is 0.0578. The summed E-state index contributed by atoms with van der Waals surface area (Å²) < 4.78 is 16.9. The molecule has 3 atom stereocenters. The molecule has 3 aliphatic heterocycles. The van der Waals surface area contributed by atoms with Gasteiger partial charge in [0, 0.05) is 56.8 Å². The van der Waals surface area contributed by atoms with Crippen LogP contribution in [-0.2, 0) is 15.9 Å². The molecule has 210 valence electrons. The Bertz CT molecular complexity index is 1350. The van der Waals surface area contributed by atoms with Crippen LogP contribution in [0.3, 0.4) is 0 Å². The fourth-order valence-electron chi connectivity index (χ4n) is 6.83. The molecule has 0 radical (unpaired) electrons. The van der Waals surface area contributed by atoms with Gasteiger partial charge in [-0.15, -0.1) is 0 Å². The first-order chi connectivity index (χ1) is 19.6. The van der Waals surface area contributed by atoms with E-state index in [9.17, 15) is 0 Å². The van der Waals surface area contributed by atoms with E-state index in [0.29, 0.717) is 32.0 Å². The van der Waals surface area contributed by atoms with Crippen LogP contribution in [0.2, 0.25) is 0 Å². The third-order valence-electron chi connectivity index (χ3n) is 8.95. The molecule has 0 amide bonds. The summed E-state index contributed by atoms with van der Waals surface area (Å²) in [7, 11) is 1.65. The summed E-state index contributed by atoms with van der Waals surface area (Å²) in [6.07, 6.45) is 11.5. The molecule has 10 nitrogen and oxygen atoms in total. The lowest BCUT2D eigenvalue weighted by Crippen LogP contribution is -2.44. The predicted octanol–water partition coefficient (Wildman–Crippen LogP) is 3.47. The molecule has 40 heavy (non-hydrogen) atoms. The van der Waals surface area contributed by atoms with Crippen molar-refractivity contribution in [3.05, 3.63) is 54.2 Å². The molecule has 7 rings (SSSR count). The van der Waals surface area contributed by atoms with E-state index in [1.807, 2.05) is 36.9 Å². The van der Waals surface area contributed by atoms with Crippen LogP contribution in [-0.4, -0.2) is 72.7 Å². The van der Waals surface area contributed by atoms with Gasteiger partial charge in [0.1, 0.15) is 24.2 Å². The number of pyridine rings is 2. The lowest BCUT2D eigenvalue weighted by molar-refractivity contribution is -0.0414. The Morgan fingerprint density at radius 3 is 2.83 bits per heavy atom. The Balaban J connectivity index is 0.994. The first kappa shape index (κ1) is 25.9. The first-order valence-electron chi connectivity index (χ1n) is 14.0. The SMILES string of the molecule is COCOC[C@@H]1C[C@@H]2COc3c(Sc4cnc(N5CCC6(CC5)Cc5ncccc5[C@H]6N)cn4)ccnc3N2C1. The summed E-state index contributed by atoms with van der Waals surface area (Å²) in [5.41, 5.74) is 9.21. The maximum absolute atomic E-state index is 6.72. The number of aromatic nitrogens is 4. The number of piperidine rings is 1. The van der Waals surface area contributed by atoms with Crippen LogP contribution in [0.15, 0.2) is 52.9 Å². The zero-order valence-electron chi connectivity index (χ0n) is 22.7. The molecule has 0 unspecified atom stereocenters. The Morgan fingerprint density at radius 2 is 2.02 bits per heavy atom. The van der Waals surface area contributed by atoms with Gasteiger partial charge in [0.05, 0.1) is 29.9 Å². The van der Waals surface area contributed by atoms with E-state index < -0.39 is 0 Å². The monoisotopic (exact) mass is 561 g/mol. The average Bonchev–Trinajstić information content (AvgIpc) is 3.53. The third-order valence-corrected chi connectivity index (χ3v) is 9.91. The molecule has 0 saturated carbocycles. The van der Waals surface area contributed by atoms with E-state index in [1.165, 1.54) is 11.3 Å². The van der Waals surface area contributed by atoms with Gasteiger partial charge in [-0.3, -0.25) is 4.98 Å². The van der Waals surface area contributed by atoms with Crippen molar-refractivity contribution in [3.63, 3.8) is 0 Å². The molecule has 1 spiro atoms. The molecule has 2 N–H and O–H groups in total. The van der Waals surface area contributed by atoms with Crippen molar-refractivity contribution in [1.29, 1.82) is 0 Å². The standard InChI is InChI=1S/C29H35N7O3S/c1-37-18-38-16-19-11-20-17-39-26-23(4-8-32-28(26)36(20)15-19)40-25-14-33-24(13-34-25)35-9-5-29(6-10-35)12-22-21(27(29)30)3-2-7-31-22/h2-4,7-8,13-14,19-20,27H,5-6,9-12,15-18,30H2,1H3/t19-,20-,27-/m1/s1. The number of anilines is 2. The van der Waals surface area contributed by atoms with Crippen LogP contribution in [0.4, 0.5) is 11.6 Å². The van der Waals surface area contributed by atoms with E-state index in [2.05, 4.69) is 25.8 Å². The van der Waals surface area contributed by atoms with Gasteiger partial charge in [0.15, 0.2) is 11.6 Å². The number of hydrogen-bond acceptors (Lipinski definition) is 11. The highest BCUT2D eigenvalue weighted by Crippen LogP contribution is 2.50. The molecular formula is C29H35N7O3S. The van der Waals surface area contributed by atoms with Gasteiger partial charge in [-0.25, -0.2) is 15.0 Å². The van der Waals surface area contributed by atoms with Crippen molar-refractivity contribution in [2.24, 2.45) is 17.1 Å². The Hall–Kier alpha value is -2.99. The van der Waals surface area contributed by atoms with Crippen LogP contribution in [0.5, 0.6) is 5.75 Å². The highest BCUT2D eigenvalue weighted by atomic mass is 32.2. The molecule has 11 heteroatoms. The second-order valence-corrected chi connectivity index (χ2v) is 12.4. The summed E-state index contributed by atoms with van der Waals surface area (Å²) in [5.74, 6) is 3.09. The molecule has 3 aromatic rings. The molecule has 4 aliphatic rings. The zero-order valence-corrected chi connectivity index (χ0v) is 23.6. The zero-order chi connectivity index (χ0) is 27.1. The van der Waals surface area contributed by atoms with Gasteiger partial charge < -0.3 is 29.7 Å². The van der Waals surface area contributed by atoms with Crippen molar-refractivity contribution < 1.29 is 14.2 Å². The molecule has 2 saturated heterocycles. The van der Waals surface area contributed by atoms with Crippen LogP contribution in [0, 0.1) is 11.3 Å². The van der Waals surface area contributed by atoms with Gasteiger partial charge in [0.2, 0.25) is 0 Å². The summed E-state index contributed by atoms with van der Waals surface area (Å²) in [6, 6.07) is 6.51. The summed E-state index contributed by atoms with van der Waals surface area (Å²) >= 11 is 1.57. The van der Waals surface area contributed by atoms with Gasteiger partial charge in [-0.2, -0.15) is 0 Å². The summed E-state index contributed by atoms with van der Waals surface area (Å²) in [6.45, 7) is 4.41. The second kappa shape index (κ2) is 10.8. The van der Waals surface area contributed by atoms with E-state index in [0.717, 1.165) is 72.6 Å². The smallest absolute Gasteiger partial charge is 0.175 e. The van der Waals surface area contributed by atoms with Crippen LogP contribution in [0.25, 0.3) is 0 Å². The van der Waals surface area contributed by atoms with Crippen molar-refractivity contribution in [2.45, 2.75) is 47.7 Å². The van der Waals surface area contributed by atoms with Crippen molar-refractivity contribution >= 4 is 23.4 Å². The quantitative estimate of drug-likeness (QED) is 0.338. The molecule has 6 heterocycles. The maximum Gasteiger partial charge on any atom is 0.175 e. The number of hydrogen-bond donors (Lipinski definition) is 1. The largest absolute Gasteiger partial charge is 0.486 e. The van der Waals surface area contributed by atoms with E-state index >= 15 is 0 Å². The highest BCUT2D eigenvalue weighted by Gasteiger charge is 2.46. The molecule has 1 aliphatic carbocycles. The van der Waals surface area contributed by atoms with E-state index in [-0.39, 0.29) is 11.5 Å². The lowest BCUT2D eigenvalue weighted by Gasteiger charge is -2.42. The van der Waals surface area contributed by atoms with Crippen LogP contribution >= 0.6 is 11.8 Å². The minimum absolute atomic E-state index is 0.0578. The first-order valence-corrected chi connectivity index (χ1v) is 14.8. The van der Waals surface area contributed by atoms with Gasteiger partial charge in [-0.1, -0.05) is 17.8 Å². The van der Waals surface area contributed by atoms with E-state index in [4.69, 9.17) is 29.9 Å². The number of rotatable bonds is 7. The normalized spacial score (nSPS) is 24.5. The van der Waals surface area contributed by atoms with Crippen molar-refractivity contribution in [2.75, 3.05) is 56.6 Å². The van der Waals surface area contributed by atoms with Gasteiger partial charge >= 0.3 is 0 Å². The minimum Gasteiger partial charge on any atom is -0.486 e. The van der Waals surface area contributed by atoms with E-state index in [1.54, 1.807) is 18.9 Å². The number of ether oxygens (including phenoxy) is 3. The number of fused-ring (bicyclic) bond motifs is 4. The Labute approximate surface area is 238 Å². The van der Waals surface area contributed by atoms with Crippen molar-refractivity contribution in [1.82, 2.24) is 19.9 Å². The average molecular weight is 562 g/mol. The fraction of sp³-hybridized carbons (Fsp3) is 0.517. The van der Waals surface area contributed by atoms with Gasteiger partial charge in [0.25, 0.3) is 0 Å². The lowest BCUT2D eigenvalue weighted by atomic mass is 9.73. The number of methoxy groups -OCH3 is 1. The Kier molecular flexibility index (Phi) is 6.99. The topological polar surface area (TPSA) is 112 Å². The number of nitrogens with zero attached hydrogens (tertiary/aromatic N) is 6. The number of nitrogens with two attached hydrogens (primary N) is 1. The molecule has 0 aromatic carbocycles. The van der Waals surface area contributed by atoms with Crippen LogP contribution < -0.4 is 20.3 Å². The second-order valence-electron chi connectivity index (χ2n) is 11.3. The third kappa shape index (κ3) is 4.68. The Morgan fingerprint density at radius 1 is 1.12 bits per heavy atom. The van der Waals surface area contributed by atoms with Crippen molar-refractivity contribution in [3.8, 4) is 5.75 Å². The summed E-state index contributed by atoms with van der Waals surface area (Å²) in [4.78, 5) is 24.5. The van der Waals surface area contributed by atoms with Crippen LogP contribution in [0.1, 0.15) is 36.6 Å². The fourth-order valence-corrected chi connectivity index (χ4v) is 7.64. The highest BCUT2D eigenvalue weighted by molar-refractivity contribution is 7.99. The predicted molar refractivity (Wildman–Crippen MR) is 152 cm³/mol. The van der Waals surface area contributed by atoms with Gasteiger partial charge in [-0.05, 0) is 48.8 Å². The maximum atomic E-state index is 6.72.